The number of fused-ring (bicyclic) bond motifs is 2. The number of nitrogens with zero attached hydrogens (tertiary/aromatic N) is 5. The molecule has 3 fully saturated rings. The molecule has 0 unspecified atom stereocenters. The summed E-state index contributed by atoms with van der Waals surface area (Å²) in [5, 5.41) is 92.1. The van der Waals surface area contributed by atoms with Crippen LogP contribution in [0.5, 0.6) is 11.5 Å². The minimum absolute atomic E-state index is 0.0326. The summed E-state index contributed by atoms with van der Waals surface area (Å²) in [4.78, 5) is 62.7. The Labute approximate surface area is 390 Å². The Morgan fingerprint density at radius 2 is 1.40 bits per heavy atom. The molecule has 6 heterocycles. The number of hydrogen-bond donors (Lipinski definition) is 11. The zero-order valence-electron chi connectivity index (χ0n) is 37.8. The molecule has 24 nitrogen and oxygen atoms in total. The Hall–Kier alpha value is -5.51. The molecule has 4 aliphatic heterocycles. The molecular formula is C44H60N8O16. The van der Waals surface area contributed by atoms with Crippen molar-refractivity contribution in [3.63, 3.8) is 0 Å². The molecule has 7 rings (SSSR count). The molecule has 3 saturated heterocycles. The van der Waals surface area contributed by atoms with Gasteiger partial charge in [0.2, 0.25) is 5.91 Å². The zero-order valence-corrected chi connectivity index (χ0v) is 37.8. The van der Waals surface area contributed by atoms with E-state index in [2.05, 4.69) is 20.9 Å². The fourth-order valence-corrected chi connectivity index (χ4v) is 8.65. The number of amides is 4. The van der Waals surface area contributed by atoms with E-state index >= 15 is 0 Å². The summed E-state index contributed by atoms with van der Waals surface area (Å²) in [5.41, 5.74) is 0.376. The van der Waals surface area contributed by atoms with Crippen LogP contribution in [0.15, 0.2) is 41.7 Å². The Morgan fingerprint density at radius 3 is 1.99 bits per heavy atom. The number of aliphatic imine (C=N–C) groups is 1. The molecule has 68 heavy (non-hydrogen) atoms. The number of aliphatic hydroxyl groups is 8. The lowest BCUT2D eigenvalue weighted by atomic mass is 9.98. The number of methoxy groups -OCH3 is 1. The number of anilines is 2. The van der Waals surface area contributed by atoms with Gasteiger partial charge in [-0.25, -0.2) is 0 Å². The maximum atomic E-state index is 14.3. The summed E-state index contributed by atoms with van der Waals surface area (Å²) < 4.78 is 25.2. The van der Waals surface area contributed by atoms with Crippen molar-refractivity contribution in [3.05, 3.63) is 53.6 Å². The smallest absolute Gasteiger partial charge is 0.272 e. The highest BCUT2D eigenvalue weighted by atomic mass is 16.6. The lowest BCUT2D eigenvalue weighted by Crippen LogP contribution is -2.56. The molecule has 0 spiro atoms. The van der Waals surface area contributed by atoms with Crippen molar-refractivity contribution in [2.45, 2.75) is 99.4 Å². The van der Waals surface area contributed by atoms with E-state index in [9.17, 15) is 60.0 Å². The lowest BCUT2D eigenvalue weighted by Gasteiger charge is -2.41. The molecule has 11 atom stereocenters. The Morgan fingerprint density at radius 1 is 0.794 bits per heavy atom. The van der Waals surface area contributed by atoms with Gasteiger partial charge in [-0.1, -0.05) is 0 Å². The third-order valence-corrected chi connectivity index (χ3v) is 12.3. The van der Waals surface area contributed by atoms with Crippen LogP contribution >= 0.6 is 0 Å². The third kappa shape index (κ3) is 10.7. The van der Waals surface area contributed by atoms with Gasteiger partial charge in [-0.2, -0.15) is 0 Å². The summed E-state index contributed by atoms with van der Waals surface area (Å²) in [6.07, 6.45) is -9.94. The molecular weight excluding hydrogens is 897 g/mol. The van der Waals surface area contributed by atoms with Crippen LogP contribution in [0.2, 0.25) is 0 Å². The van der Waals surface area contributed by atoms with Gasteiger partial charge in [0.25, 0.3) is 17.7 Å². The molecule has 0 radical (unpaired) electrons. The summed E-state index contributed by atoms with van der Waals surface area (Å²) >= 11 is 0. The van der Waals surface area contributed by atoms with Gasteiger partial charge in [-0.05, 0) is 64.5 Å². The molecule has 1 aromatic carbocycles. The van der Waals surface area contributed by atoms with Crippen molar-refractivity contribution in [1.82, 2.24) is 24.3 Å². The molecule has 0 bridgehead atoms. The van der Waals surface area contributed by atoms with Gasteiger partial charge < -0.3 is 94.7 Å². The molecule has 2 aromatic heterocycles. The summed E-state index contributed by atoms with van der Waals surface area (Å²) in [6.45, 7) is 0.0386. The van der Waals surface area contributed by atoms with E-state index in [4.69, 9.17) is 18.9 Å². The quantitative estimate of drug-likeness (QED) is 0.0633. The van der Waals surface area contributed by atoms with Gasteiger partial charge in [0.15, 0.2) is 24.0 Å². The van der Waals surface area contributed by atoms with Crippen molar-refractivity contribution >= 4 is 46.9 Å². The number of hydrogen-bond acceptors (Lipinski definition) is 18. The summed E-state index contributed by atoms with van der Waals surface area (Å²) in [5.74, 6) is -1.61. The molecule has 4 amide bonds. The maximum Gasteiger partial charge on any atom is 0.272 e. The van der Waals surface area contributed by atoms with Crippen LogP contribution in [0.1, 0.15) is 75.9 Å². The second-order valence-electron chi connectivity index (χ2n) is 17.4. The van der Waals surface area contributed by atoms with E-state index in [1.165, 1.54) is 31.6 Å². The highest BCUT2D eigenvalue weighted by molar-refractivity contribution is 6.06. The topological polar surface area (TPSA) is 332 Å². The number of ether oxygens (including phenoxy) is 4. The Kier molecular flexibility index (Phi) is 16.2. The van der Waals surface area contributed by atoms with Gasteiger partial charge in [0, 0.05) is 44.2 Å². The predicted molar refractivity (Wildman–Crippen MR) is 239 cm³/mol. The van der Waals surface area contributed by atoms with E-state index in [0.717, 1.165) is 22.0 Å². The second-order valence-corrected chi connectivity index (χ2v) is 17.4. The number of aromatic nitrogens is 2. The van der Waals surface area contributed by atoms with Crippen molar-refractivity contribution < 1.29 is 79.0 Å². The molecule has 24 heteroatoms. The van der Waals surface area contributed by atoms with Crippen molar-refractivity contribution in [3.8, 4) is 11.5 Å². The van der Waals surface area contributed by atoms with Crippen LogP contribution in [0.4, 0.5) is 17.1 Å². The van der Waals surface area contributed by atoms with Crippen molar-refractivity contribution in [2.24, 2.45) is 4.99 Å². The number of benzene rings is 1. The summed E-state index contributed by atoms with van der Waals surface area (Å²) in [6, 6.07) is 5.62. The van der Waals surface area contributed by atoms with Crippen molar-refractivity contribution in [2.75, 3.05) is 71.3 Å². The molecule has 0 aliphatic carbocycles. The number of aliphatic hydroxyl groups excluding tert-OH is 8. The van der Waals surface area contributed by atoms with Crippen LogP contribution in [0.3, 0.4) is 0 Å². The van der Waals surface area contributed by atoms with E-state index in [0.29, 0.717) is 42.3 Å². The molecule has 4 aliphatic rings. The predicted octanol–water partition coefficient (Wildman–Crippen LogP) is -1.70. The lowest BCUT2D eigenvalue weighted by molar-refractivity contribution is -0.251. The molecule has 11 N–H and O–H groups in total. The first-order valence-electron chi connectivity index (χ1n) is 22.3. The van der Waals surface area contributed by atoms with Crippen LogP contribution in [-0.4, -0.2) is 205 Å². The van der Waals surface area contributed by atoms with E-state index in [-0.39, 0.29) is 60.7 Å². The monoisotopic (exact) mass is 956 g/mol. The van der Waals surface area contributed by atoms with Gasteiger partial charge in [0.1, 0.15) is 60.2 Å². The van der Waals surface area contributed by atoms with Crippen LogP contribution in [-0.2, 0) is 14.3 Å². The van der Waals surface area contributed by atoms with Gasteiger partial charge >= 0.3 is 0 Å². The Bertz CT molecular complexity index is 2320. The Balaban J connectivity index is 1.10. The molecule has 0 saturated carbocycles. The molecule has 372 valence electrons. The van der Waals surface area contributed by atoms with Crippen molar-refractivity contribution in [1.29, 1.82) is 0 Å². The minimum atomic E-state index is -1.85. The standard InChI is InChI=1S/C44H60N8O16/c1-49(2)10-6-9-45-40(62)27-14-23(19-51(27)43-38(60)36(58)34(56)31(20-53)67-43)48-41(63)28-13-22(18-52(28)44-39(61)37(59)35(57)32(21-54)68-44)47-33(55)8-5-12-66-30-16-26-25(15-29(30)65-3)42(64)50-11-4-7-24(50)17-46-26/h13-19,24,31-32,34-39,43-44,53-54,56-61H,4-12,20-21H2,1-3H3,(H,45,62)(H,47,55)(H,48,63)/t24-,31-,32-,34-,35-,36-,37-,38-,39-,43+,44+/m1/s1. The van der Waals surface area contributed by atoms with Crippen LogP contribution < -0.4 is 25.4 Å². The first-order valence-corrected chi connectivity index (χ1v) is 22.3. The van der Waals surface area contributed by atoms with Gasteiger partial charge in [-0.15, -0.1) is 0 Å². The van der Waals surface area contributed by atoms with Gasteiger partial charge in [-0.3, -0.25) is 24.2 Å². The van der Waals surface area contributed by atoms with E-state index in [1.54, 1.807) is 23.2 Å². The summed E-state index contributed by atoms with van der Waals surface area (Å²) in [7, 11) is 5.18. The average molecular weight is 957 g/mol. The van der Waals surface area contributed by atoms with Gasteiger partial charge in [0.05, 0.1) is 55.6 Å². The van der Waals surface area contributed by atoms with Crippen LogP contribution in [0, 0.1) is 0 Å². The number of nitrogens with one attached hydrogen (secondary N) is 3. The average Bonchev–Trinajstić information content (AvgIpc) is 4.07. The SMILES string of the molecule is COc1cc2c(cc1OCCCC(=O)Nc1cc(C(=O)Nc3cc(C(=O)NCCCN(C)C)n([C@H]4O[C@H](CO)[C@@H](O)[C@@H](O)[C@H]4O)c3)n([C@H]3O[C@H](CO)[C@@H](O)[C@@H](O)[C@H]3O)c1)N=C[C@H]1CCCN1C2=O. The van der Waals surface area contributed by atoms with E-state index in [1.807, 2.05) is 19.0 Å². The highest BCUT2D eigenvalue weighted by Crippen LogP contribution is 2.39. The normalized spacial score (nSPS) is 27.9. The molecule has 3 aromatic rings. The maximum absolute atomic E-state index is 14.3. The van der Waals surface area contributed by atoms with E-state index < -0.39 is 92.2 Å². The zero-order chi connectivity index (χ0) is 49.0. The second kappa shape index (κ2) is 21.8. The largest absolute Gasteiger partial charge is 0.493 e. The third-order valence-electron chi connectivity index (χ3n) is 12.3. The number of carbonyl (C=O) groups excluding carboxylic acids is 4. The first kappa shape index (κ1) is 50.4. The fraction of sp³-hybridized carbons (Fsp3) is 0.568. The highest BCUT2D eigenvalue weighted by Gasteiger charge is 2.47. The number of carbonyl (C=O) groups is 4. The number of rotatable bonds is 18. The minimum Gasteiger partial charge on any atom is -0.493 e. The first-order chi connectivity index (χ1) is 32.5. The fourth-order valence-electron chi connectivity index (χ4n) is 8.65. The van der Waals surface area contributed by atoms with Crippen LogP contribution in [0.25, 0.3) is 0 Å².